The van der Waals surface area contributed by atoms with Crippen molar-refractivity contribution < 1.29 is 9.21 Å². The van der Waals surface area contributed by atoms with Gasteiger partial charge in [-0.1, -0.05) is 34.1 Å². The highest BCUT2D eigenvalue weighted by atomic mass is 79.9. The van der Waals surface area contributed by atoms with Crippen LogP contribution in [0.1, 0.15) is 5.56 Å². The number of anilines is 1. The Kier molecular flexibility index (Phi) is 4.61. The first-order valence-corrected chi connectivity index (χ1v) is 8.01. The number of hydrogen-bond acceptors (Lipinski definition) is 4. The predicted molar refractivity (Wildman–Crippen MR) is 93.7 cm³/mol. The van der Waals surface area contributed by atoms with E-state index in [0.717, 1.165) is 14.7 Å². The third-order valence-corrected chi connectivity index (χ3v) is 4.25. The van der Waals surface area contributed by atoms with Crippen molar-refractivity contribution in [3.63, 3.8) is 0 Å². The summed E-state index contributed by atoms with van der Waals surface area (Å²) in [6.07, 6.45) is 0. The lowest BCUT2D eigenvalue weighted by molar-refractivity contribution is -0.117. The van der Waals surface area contributed by atoms with Crippen LogP contribution < -0.4 is 11.1 Å². The molecule has 3 aromatic rings. The molecule has 1 aromatic heterocycles. The smallest absolute Gasteiger partial charge is 0.388 e. The van der Waals surface area contributed by atoms with E-state index in [9.17, 15) is 9.59 Å². The molecule has 0 fully saturated rings. The van der Waals surface area contributed by atoms with Crippen LogP contribution in [0.2, 0.25) is 0 Å². The maximum Gasteiger partial charge on any atom is 0.437 e. The SMILES string of the molecule is Cc1cc(NC(=O)Cn2nc(-c3ccccc3)oc2=O)ccc1Br. The van der Waals surface area contributed by atoms with Crippen molar-refractivity contribution in [2.75, 3.05) is 5.32 Å². The molecule has 0 spiro atoms. The van der Waals surface area contributed by atoms with Crippen molar-refractivity contribution in [2.24, 2.45) is 0 Å². The van der Waals surface area contributed by atoms with Gasteiger partial charge in [-0.15, -0.1) is 5.10 Å². The van der Waals surface area contributed by atoms with Crippen molar-refractivity contribution in [1.82, 2.24) is 9.78 Å². The molecule has 0 atom stereocenters. The Bertz CT molecular complexity index is 932. The molecule has 0 radical (unpaired) electrons. The Hall–Kier alpha value is -2.67. The zero-order valence-electron chi connectivity index (χ0n) is 12.8. The molecular weight excluding hydrogens is 374 g/mol. The van der Waals surface area contributed by atoms with E-state index in [1.807, 2.05) is 37.3 Å². The predicted octanol–water partition coefficient (Wildman–Crippen LogP) is 3.21. The molecule has 1 amide bonds. The molecule has 2 aromatic carbocycles. The molecular formula is C17H14BrN3O3. The number of carbonyl (C=O) groups is 1. The molecule has 0 aliphatic carbocycles. The highest BCUT2D eigenvalue weighted by Gasteiger charge is 2.13. The van der Waals surface area contributed by atoms with Crippen LogP contribution in [0, 0.1) is 6.92 Å². The number of hydrogen-bond donors (Lipinski definition) is 1. The number of aromatic nitrogens is 2. The number of halogens is 1. The van der Waals surface area contributed by atoms with Gasteiger partial charge in [0.05, 0.1) is 0 Å². The number of benzene rings is 2. The summed E-state index contributed by atoms with van der Waals surface area (Å²) in [5, 5.41) is 6.80. The van der Waals surface area contributed by atoms with E-state index in [4.69, 9.17) is 4.42 Å². The average Bonchev–Trinajstić information content (AvgIpc) is 2.93. The third kappa shape index (κ3) is 3.62. The van der Waals surface area contributed by atoms with Gasteiger partial charge in [-0.2, -0.15) is 4.68 Å². The van der Waals surface area contributed by atoms with Gasteiger partial charge in [-0.3, -0.25) is 4.79 Å². The fourth-order valence-corrected chi connectivity index (χ4v) is 2.41. The van der Waals surface area contributed by atoms with Crippen molar-refractivity contribution >= 4 is 27.5 Å². The van der Waals surface area contributed by atoms with E-state index in [-0.39, 0.29) is 18.3 Å². The van der Waals surface area contributed by atoms with Crippen LogP contribution in [0.4, 0.5) is 5.69 Å². The number of carbonyl (C=O) groups excluding carboxylic acids is 1. The fraction of sp³-hybridized carbons (Fsp3) is 0.118. The molecule has 0 aliphatic rings. The number of aryl methyl sites for hydroxylation is 1. The van der Waals surface area contributed by atoms with Gasteiger partial charge in [0.2, 0.25) is 11.8 Å². The summed E-state index contributed by atoms with van der Waals surface area (Å²) >= 11 is 3.40. The monoisotopic (exact) mass is 387 g/mol. The highest BCUT2D eigenvalue weighted by molar-refractivity contribution is 9.10. The van der Waals surface area contributed by atoms with Crippen LogP contribution in [-0.4, -0.2) is 15.7 Å². The van der Waals surface area contributed by atoms with Crippen LogP contribution in [0.15, 0.2) is 62.2 Å². The van der Waals surface area contributed by atoms with Gasteiger partial charge >= 0.3 is 5.76 Å². The summed E-state index contributed by atoms with van der Waals surface area (Å²) < 4.78 is 7.06. The van der Waals surface area contributed by atoms with E-state index in [1.54, 1.807) is 18.2 Å². The summed E-state index contributed by atoms with van der Waals surface area (Å²) in [4.78, 5) is 24.0. The second-order valence-electron chi connectivity index (χ2n) is 5.21. The second-order valence-corrected chi connectivity index (χ2v) is 6.06. The second kappa shape index (κ2) is 6.84. The van der Waals surface area contributed by atoms with Crippen molar-refractivity contribution in [3.05, 3.63) is 69.1 Å². The Morgan fingerprint density at radius 3 is 2.71 bits per heavy atom. The first-order chi connectivity index (χ1) is 11.5. The van der Waals surface area contributed by atoms with Gasteiger partial charge in [-0.25, -0.2) is 4.79 Å². The lowest BCUT2D eigenvalue weighted by Gasteiger charge is -2.06. The van der Waals surface area contributed by atoms with Crippen molar-refractivity contribution in [1.29, 1.82) is 0 Å². The minimum absolute atomic E-state index is 0.188. The average molecular weight is 388 g/mol. The van der Waals surface area contributed by atoms with Gasteiger partial charge < -0.3 is 9.73 Å². The molecule has 1 N–H and O–H groups in total. The Morgan fingerprint density at radius 2 is 2.00 bits per heavy atom. The van der Waals surface area contributed by atoms with Crippen LogP contribution in [0.3, 0.4) is 0 Å². The summed E-state index contributed by atoms with van der Waals surface area (Å²) in [6.45, 7) is 1.71. The lowest BCUT2D eigenvalue weighted by atomic mass is 10.2. The Morgan fingerprint density at radius 1 is 1.25 bits per heavy atom. The zero-order valence-corrected chi connectivity index (χ0v) is 14.4. The topological polar surface area (TPSA) is 77.1 Å². The lowest BCUT2D eigenvalue weighted by Crippen LogP contribution is -2.25. The summed E-state index contributed by atoms with van der Waals surface area (Å²) in [5.41, 5.74) is 2.33. The van der Waals surface area contributed by atoms with Crippen LogP contribution in [0.25, 0.3) is 11.5 Å². The first kappa shape index (κ1) is 16.2. The van der Waals surface area contributed by atoms with E-state index >= 15 is 0 Å². The standard InChI is InChI=1S/C17H14BrN3O3/c1-11-9-13(7-8-14(11)18)19-15(22)10-21-17(23)24-16(20-21)12-5-3-2-4-6-12/h2-9H,10H2,1H3,(H,19,22). The summed E-state index contributed by atoms with van der Waals surface area (Å²) in [7, 11) is 0. The molecule has 0 saturated heterocycles. The van der Waals surface area contributed by atoms with E-state index in [0.29, 0.717) is 11.3 Å². The number of rotatable bonds is 4. The molecule has 24 heavy (non-hydrogen) atoms. The Balaban J connectivity index is 1.74. The molecule has 0 aliphatic heterocycles. The van der Waals surface area contributed by atoms with Gasteiger partial charge in [0, 0.05) is 15.7 Å². The maximum absolute atomic E-state index is 12.1. The molecule has 6 nitrogen and oxygen atoms in total. The van der Waals surface area contributed by atoms with Crippen molar-refractivity contribution in [3.8, 4) is 11.5 Å². The molecule has 122 valence electrons. The van der Waals surface area contributed by atoms with Gasteiger partial charge in [0.1, 0.15) is 6.54 Å². The van der Waals surface area contributed by atoms with Crippen LogP contribution >= 0.6 is 15.9 Å². The van der Waals surface area contributed by atoms with Crippen LogP contribution in [-0.2, 0) is 11.3 Å². The number of amides is 1. The van der Waals surface area contributed by atoms with E-state index in [1.165, 1.54) is 0 Å². The molecule has 3 rings (SSSR count). The molecule has 1 heterocycles. The quantitative estimate of drug-likeness (QED) is 0.745. The third-order valence-electron chi connectivity index (χ3n) is 3.36. The zero-order chi connectivity index (χ0) is 17.1. The summed E-state index contributed by atoms with van der Waals surface area (Å²) in [6, 6.07) is 14.5. The first-order valence-electron chi connectivity index (χ1n) is 7.22. The number of nitrogens with one attached hydrogen (secondary N) is 1. The van der Waals surface area contributed by atoms with Gasteiger partial charge in [-0.05, 0) is 42.8 Å². The minimum Gasteiger partial charge on any atom is -0.388 e. The normalized spacial score (nSPS) is 10.6. The molecule has 0 unspecified atom stereocenters. The van der Waals surface area contributed by atoms with E-state index in [2.05, 4.69) is 26.3 Å². The Labute approximate surface area is 146 Å². The van der Waals surface area contributed by atoms with Crippen LogP contribution in [0.5, 0.6) is 0 Å². The molecule has 7 heteroatoms. The highest BCUT2D eigenvalue weighted by Crippen LogP contribution is 2.20. The number of nitrogens with zero attached hydrogens (tertiary/aromatic N) is 2. The summed E-state index contributed by atoms with van der Waals surface area (Å²) in [5.74, 6) is -0.837. The van der Waals surface area contributed by atoms with Crippen molar-refractivity contribution in [2.45, 2.75) is 13.5 Å². The van der Waals surface area contributed by atoms with Gasteiger partial charge in [0.15, 0.2) is 0 Å². The minimum atomic E-state index is -0.670. The molecule has 0 bridgehead atoms. The maximum atomic E-state index is 12.1. The fourth-order valence-electron chi connectivity index (χ4n) is 2.16. The van der Waals surface area contributed by atoms with Gasteiger partial charge in [0.25, 0.3) is 0 Å². The van der Waals surface area contributed by atoms with E-state index < -0.39 is 5.76 Å². The molecule has 0 saturated carbocycles. The largest absolute Gasteiger partial charge is 0.437 e.